The van der Waals surface area contributed by atoms with Crippen molar-refractivity contribution in [3.05, 3.63) is 0 Å². The quantitative estimate of drug-likeness (QED) is 0.0222. The van der Waals surface area contributed by atoms with Gasteiger partial charge >= 0.3 is 39.5 Å². The number of phosphoric acid groups is 2. The molecule has 0 fully saturated rings. The van der Waals surface area contributed by atoms with Crippen molar-refractivity contribution >= 4 is 39.5 Å². The third-order valence-corrected chi connectivity index (χ3v) is 18.2. The van der Waals surface area contributed by atoms with Crippen LogP contribution in [0.5, 0.6) is 0 Å². The number of ether oxygens (including phenoxy) is 4. The van der Waals surface area contributed by atoms with Crippen molar-refractivity contribution < 1.29 is 80.2 Å². The van der Waals surface area contributed by atoms with Gasteiger partial charge in [-0.25, -0.2) is 9.13 Å². The van der Waals surface area contributed by atoms with E-state index >= 15 is 0 Å². The first kappa shape index (κ1) is 87.1. The first-order valence-corrected chi connectivity index (χ1v) is 39.6. The molecular formula is C70H136O17P2. The molecular weight excluding hydrogens is 1170 g/mol. The maximum Gasteiger partial charge on any atom is 0.472 e. The van der Waals surface area contributed by atoms with Gasteiger partial charge in [0, 0.05) is 25.7 Å². The van der Waals surface area contributed by atoms with E-state index in [4.69, 9.17) is 37.0 Å². The number of hydrogen-bond donors (Lipinski definition) is 3. The van der Waals surface area contributed by atoms with Gasteiger partial charge in [0.15, 0.2) is 12.2 Å². The van der Waals surface area contributed by atoms with E-state index in [0.717, 1.165) is 96.3 Å². The van der Waals surface area contributed by atoms with Crippen molar-refractivity contribution in [3.63, 3.8) is 0 Å². The van der Waals surface area contributed by atoms with Crippen LogP contribution < -0.4 is 0 Å². The Bertz CT molecular complexity index is 1720. The van der Waals surface area contributed by atoms with E-state index < -0.39 is 97.5 Å². The van der Waals surface area contributed by atoms with Crippen LogP contribution in [0.25, 0.3) is 0 Å². The SMILES string of the molecule is CCCCCCCCCCCCCCCCCCCCCCCC(=O)O[C@H](COC(=O)CCCCCCCCCCCCC)COP(=O)(O)OC[C@@H](O)COP(=O)(O)OC[C@@H](COC(=O)CCCCCCCCCC)OC(=O)CCCCCCCCC(C)C. The summed E-state index contributed by atoms with van der Waals surface area (Å²) in [5, 5.41) is 10.6. The molecule has 0 bridgehead atoms. The van der Waals surface area contributed by atoms with Crippen LogP contribution >= 0.6 is 15.6 Å². The molecule has 3 N–H and O–H groups in total. The van der Waals surface area contributed by atoms with Crippen LogP contribution in [0.1, 0.15) is 362 Å². The summed E-state index contributed by atoms with van der Waals surface area (Å²) in [5.41, 5.74) is 0. The Balaban J connectivity index is 5.13. The summed E-state index contributed by atoms with van der Waals surface area (Å²) in [5.74, 6) is -1.46. The standard InChI is InChI=1S/C70H136O17P2/c1-6-9-12-15-18-21-23-24-25-26-27-28-29-30-31-32-34-36-39-45-50-55-69(74)86-65(59-81-68(73)54-49-44-38-35-33-22-19-16-13-10-7-2)61-84-88(76,77)82-57-64(71)58-83-89(78,79)85-62-66(60-80-67(72)53-48-43-37-20-17-14-11-8-3)87-70(75)56-51-46-41-40-42-47-52-63(4)5/h63-66,71H,6-62H2,1-5H3,(H,76,77)(H,78,79)/t64-,65-,66-/m1/s1. The second-order valence-electron chi connectivity index (χ2n) is 25.7. The van der Waals surface area contributed by atoms with E-state index in [1.54, 1.807) is 0 Å². The van der Waals surface area contributed by atoms with Gasteiger partial charge in [0.25, 0.3) is 0 Å². The molecule has 2 unspecified atom stereocenters. The van der Waals surface area contributed by atoms with Gasteiger partial charge in [-0.15, -0.1) is 0 Å². The first-order valence-electron chi connectivity index (χ1n) is 36.6. The van der Waals surface area contributed by atoms with Crippen LogP contribution in [0.3, 0.4) is 0 Å². The van der Waals surface area contributed by atoms with E-state index in [1.165, 1.54) is 180 Å². The highest BCUT2D eigenvalue weighted by molar-refractivity contribution is 7.47. The topological polar surface area (TPSA) is 237 Å². The molecule has 5 atom stereocenters. The minimum absolute atomic E-state index is 0.102. The maximum atomic E-state index is 13.0. The second kappa shape index (κ2) is 63.5. The number of hydrogen-bond acceptors (Lipinski definition) is 15. The summed E-state index contributed by atoms with van der Waals surface area (Å²) in [4.78, 5) is 72.3. The lowest BCUT2D eigenvalue weighted by molar-refractivity contribution is -0.161. The number of carbonyl (C=O) groups excluding carboxylic acids is 4. The van der Waals surface area contributed by atoms with E-state index in [2.05, 4.69) is 34.6 Å². The van der Waals surface area contributed by atoms with Crippen LogP contribution in [-0.2, 0) is 65.4 Å². The Kier molecular flexibility index (Phi) is 62.1. The lowest BCUT2D eigenvalue weighted by atomic mass is 10.0. The number of unbranched alkanes of at least 4 members (excludes halogenated alkanes) is 42. The van der Waals surface area contributed by atoms with Gasteiger partial charge in [0.1, 0.15) is 19.3 Å². The van der Waals surface area contributed by atoms with Crippen molar-refractivity contribution in [2.75, 3.05) is 39.6 Å². The van der Waals surface area contributed by atoms with Gasteiger partial charge in [0.05, 0.1) is 26.4 Å². The zero-order valence-electron chi connectivity index (χ0n) is 57.6. The third kappa shape index (κ3) is 64.6. The molecule has 0 aromatic rings. The van der Waals surface area contributed by atoms with Crippen molar-refractivity contribution in [2.45, 2.75) is 380 Å². The van der Waals surface area contributed by atoms with Crippen LogP contribution in [0.15, 0.2) is 0 Å². The molecule has 0 aliphatic rings. The highest BCUT2D eigenvalue weighted by atomic mass is 31.2. The molecule has 0 rings (SSSR count). The van der Waals surface area contributed by atoms with Gasteiger partial charge in [-0.1, -0.05) is 311 Å². The predicted octanol–water partition coefficient (Wildman–Crippen LogP) is 20.1. The van der Waals surface area contributed by atoms with E-state index in [-0.39, 0.29) is 25.7 Å². The predicted molar refractivity (Wildman–Crippen MR) is 358 cm³/mol. The molecule has 0 radical (unpaired) electrons. The summed E-state index contributed by atoms with van der Waals surface area (Å²) >= 11 is 0. The lowest BCUT2D eigenvalue weighted by Gasteiger charge is -2.21. The fourth-order valence-corrected chi connectivity index (χ4v) is 12.2. The number of phosphoric ester groups is 2. The summed E-state index contributed by atoms with van der Waals surface area (Å²) in [6.07, 6.45) is 50.4. The number of carbonyl (C=O) groups is 4. The van der Waals surface area contributed by atoms with E-state index in [9.17, 15) is 43.2 Å². The normalized spacial score (nSPS) is 14.1. The lowest BCUT2D eigenvalue weighted by Crippen LogP contribution is -2.30. The molecule has 0 amide bonds. The monoisotopic (exact) mass is 1310 g/mol. The first-order chi connectivity index (χ1) is 43.0. The van der Waals surface area contributed by atoms with Crippen molar-refractivity contribution in [1.82, 2.24) is 0 Å². The molecule has 0 aliphatic carbocycles. The Labute approximate surface area is 543 Å². The van der Waals surface area contributed by atoms with Gasteiger partial charge in [-0.3, -0.25) is 37.3 Å². The second-order valence-corrected chi connectivity index (χ2v) is 28.7. The number of aliphatic hydroxyl groups is 1. The molecule has 0 saturated carbocycles. The van der Waals surface area contributed by atoms with Crippen LogP contribution in [0.2, 0.25) is 0 Å². The Morgan fingerprint density at radius 2 is 0.517 bits per heavy atom. The average molecular weight is 1310 g/mol. The molecule has 0 aliphatic heterocycles. The molecule has 0 saturated heterocycles. The summed E-state index contributed by atoms with van der Waals surface area (Å²) in [6.45, 7) is 7.11. The number of aliphatic hydroxyl groups excluding tert-OH is 1. The van der Waals surface area contributed by atoms with Crippen LogP contribution in [-0.4, -0.2) is 96.7 Å². The van der Waals surface area contributed by atoms with E-state index in [0.29, 0.717) is 31.6 Å². The van der Waals surface area contributed by atoms with Crippen molar-refractivity contribution in [3.8, 4) is 0 Å². The van der Waals surface area contributed by atoms with Crippen molar-refractivity contribution in [2.24, 2.45) is 5.92 Å². The van der Waals surface area contributed by atoms with Gasteiger partial charge in [0.2, 0.25) is 0 Å². The molecule has 89 heavy (non-hydrogen) atoms. The van der Waals surface area contributed by atoms with Gasteiger partial charge in [-0.05, 0) is 31.6 Å². The number of esters is 4. The average Bonchev–Trinajstić information content (AvgIpc) is 3.61. The molecule has 0 aromatic carbocycles. The molecule has 19 heteroatoms. The van der Waals surface area contributed by atoms with Gasteiger partial charge in [-0.2, -0.15) is 0 Å². The summed E-state index contributed by atoms with van der Waals surface area (Å²) in [7, 11) is -9.89. The zero-order valence-corrected chi connectivity index (χ0v) is 59.4. The Morgan fingerprint density at radius 3 is 0.764 bits per heavy atom. The largest absolute Gasteiger partial charge is 0.472 e. The third-order valence-electron chi connectivity index (χ3n) is 16.3. The smallest absolute Gasteiger partial charge is 0.462 e. The fourth-order valence-electron chi connectivity index (χ4n) is 10.6. The highest BCUT2D eigenvalue weighted by Gasteiger charge is 2.30. The number of rotatable bonds is 70. The minimum Gasteiger partial charge on any atom is -0.462 e. The van der Waals surface area contributed by atoms with Gasteiger partial charge < -0.3 is 33.8 Å². The summed E-state index contributed by atoms with van der Waals surface area (Å²) in [6, 6.07) is 0. The van der Waals surface area contributed by atoms with Crippen molar-refractivity contribution in [1.29, 1.82) is 0 Å². The molecule has 17 nitrogen and oxygen atoms in total. The maximum absolute atomic E-state index is 13.0. The molecule has 528 valence electrons. The Morgan fingerprint density at radius 1 is 0.303 bits per heavy atom. The van der Waals surface area contributed by atoms with Crippen LogP contribution in [0.4, 0.5) is 0 Å². The van der Waals surface area contributed by atoms with Crippen LogP contribution in [0, 0.1) is 5.92 Å². The Hall–Kier alpha value is -1.94. The summed E-state index contributed by atoms with van der Waals surface area (Å²) < 4.78 is 68.1. The highest BCUT2D eigenvalue weighted by Crippen LogP contribution is 2.45. The minimum atomic E-state index is -4.95. The molecule has 0 spiro atoms. The van der Waals surface area contributed by atoms with E-state index in [1.807, 2.05) is 0 Å². The molecule has 0 heterocycles. The zero-order chi connectivity index (χ0) is 65.6. The molecule has 0 aromatic heterocycles. The fraction of sp³-hybridized carbons (Fsp3) is 0.943.